The molecule has 2 atom stereocenters. The van der Waals surface area contributed by atoms with E-state index in [0.717, 1.165) is 49.3 Å². The summed E-state index contributed by atoms with van der Waals surface area (Å²) in [6, 6.07) is 9.19. The molecule has 0 aliphatic carbocycles. The first-order chi connectivity index (χ1) is 13.2. The van der Waals surface area contributed by atoms with Crippen molar-refractivity contribution in [1.29, 1.82) is 0 Å². The van der Waals surface area contributed by atoms with E-state index in [4.69, 9.17) is 0 Å². The van der Waals surface area contributed by atoms with Gasteiger partial charge in [-0.25, -0.2) is 8.42 Å². The molecule has 0 aromatic heterocycles. The highest BCUT2D eigenvalue weighted by molar-refractivity contribution is 7.91. The first kappa shape index (κ1) is 19.3. The summed E-state index contributed by atoms with van der Waals surface area (Å²) in [4.78, 5) is 1.44. The van der Waals surface area contributed by atoms with Gasteiger partial charge in [-0.2, -0.15) is 13.2 Å². The number of benzene rings is 2. The minimum atomic E-state index is -4.74. The van der Waals surface area contributed by atoms with Crippen LogP contribution in [0.4, 0.5) is 18.9 Å². The molecule has 2 heterocycles. The van der Waals surface area contributed by atoms with Crippen LogP contribution in [0.25, 0.3) is 0 Å². The Morgan fingerprint density at radius 2 is 1.79 bits per heavy atom. The Labute approximate surface area is 162 Å². The molecule has 28 heavy (non-hydrogen) atoms. The predicted octanol–water partition coefficient (Wildman–Crippen LogP) is 4.14. The number of halogens is 3. The van der Waals surface area contributed by atoms with Gasteiger partial charge < -0.3 is 10.2 Å². The molecule has 150 valence electrons. The van der Waals surface area contributed by atoms with Crippen LogP contribution in [0.15, 0.2) is 52.3 Å². The number of anilines is 1. The molecule has 1 N–H and O–H groups in total. The third-order valence-electron chi connectivity index (χ3n) is 5.69. The summed E-state index contributed by atoms with van der Waals surface area (Å²) < 4.78 is 66.1. The van der Waals surface area contributed by atoms with Crippen LogP contribution in [-0.4, -0.2) is 39.5 Å². The van der Waals surface area contributed by atoms with Crippen molar-refractivity contribution >= 4 is 15.5 Å². The molecule has 8 heteroatoms. The van der Waals surface area contributed by atoms with Gasteiger partial charge in [-0.05, 0) is 68.9 Å². The molecule has 2 aromatic rings. The molecule has 1 fully saturated rings. The molecule has 0 bridgehead atoms. The molecule has 1 saturated heterocycles. The van der Waals surface area contributed by atoms with Crippen LogP contribution in [0.5, 0.6) is 0 Å². The third kappa shape index (κ3) is 3.28. The Kier molecular flexibility index (Phi) is 4.66. The summed E-state index contributed by atoms with van der Waals surface area (Å²) in [7, 11) is -2.24. The van der Waals surface area contributed by atoms with Crippen LogP contribution in [0, 0.1) is 0 Å². The van der Waals surface area contributed by atoms with Crippen molar-refractivity contribution in [3.8, 4) is 0 Å². The summed E-state index contributed by atoms with van der Waals surface area (Å²) in [5.41, 5.74) is 0.621. The van der Waals surface area contributed by atoms with Crippen molar-refractivity contribution in [1.82, 2.24) is 4.90 Å². The maximum absolute atomic E-state index is 13.3. The second kappa shape index (κ2) is 6.77. The van der Waals surface area contributed by atoms with Crippen molar-refractivity contribution in [2.75, 3.05) is 25.5 Å². The second-order valence-electron chi connectivity index (χ2n) is 7.48. The minimum absolute atomic E-state index is 0.0944. The molecule has 4 rings (SSSR count). The first-order valence-corrected chi connectivity index (χ1v) is 10.7. The van der Waals surface area contributed by atoms with Crippen LogP contribution >= 0.6 is 0 Å². The van der Waals surface area contributed by atoms with Gasteiger partial charge in [0.2, 0.25) is 9.84 Å². The van der Waals surface area contributed by atoms with Crippen molar-refractivity contribution in [2.24, 2.45) is 0 Å². The number of nitrogens with one attached hydrogen (secondary N) is 1. The fraction of sp³-hybridized carbons (Fsp3) is 0.400. The lowest BCUT2D eigenvalue weighted by Crippen LogP contribution is -2.22. The lowest BCUT2D eigenvalue weighted by atomic mass is 9.91. The number of fused-ring (bicyclic) bond motifs is 3. The maximum Gasteiger partial charge on any atom is 0.417 e. The van der Waals surface area contributed by atoms with Crippen molar-refractivity contribution in [2.45, 2.75) is 40.8 Å². The van der Waals surface area contributed by atoms with E-state index in [1.165, 1.54) is 18.2 Å². The number of rotatable bonds is 2. The van der Waals surface area contributed by atoms with Crippen molar-refractivity contribution in [3.63, 3.8) is 0 Å². The largest absolute Gasteiger partial charge is 0.417 e. The van der Waals surface area contributed by atoms with Gasteiger partial charge in [0.05, 0.1) is 15.4 Å². The number of alkyl halides is 3. The normalized spacial score (nSPS) is 22.9. The summed E-state index contributed by atoms with van der Waals surface area (Å²) in [6.07, 6.45) is -2.92. The van der Waals surface area contributed by atoms with Gasteiger partial charge in [0.25, 0.3) is 0 Å². The highest BCUT2D eigenvalue weighted by atomic mass is 32.2. The van der Waals surface area contributed by atoms with Crippen LogP contribution in [0.3, 0.4) is 0 Å². The van der Waals surface area contributed by atoms with E-state index in [1.54, 1.807) is 12.1 Å². The summed E-state index contributed by atoms with van der Waals surface area (Å²) in [5, 5.41) is 3.45. The summed E-state index contributed by atoms with van der Waals surface area (Å²) in [5.74, 6) is 0.160. The Bertz CT molecular complexity index is 1000. The Morgan fingerprint density at radius 3 is 2.54 bits per heavy atom. The van der Waals surface area contributed by atoms with Crippen LogP contribution < -0.4 is 5.32 Å². The second-order valence-corrected chi connectivity index (χ2v) is 9.40. The Morgan fingerprint density at radius 1 is 1.07 bits per heavy atom. The van der Waals surface area contributed by atoms with Gasteiger partial charge in [0.1, 0.15) is 0 Å². The molecular formula is C20H21F3N2O2S. The van der Waals surface area contributed by atoms with Gasteiger partial charge in [-0.15, -0.1) is 0 Å². The molecule has 2 aliphatic rings. The molecule has 0 unspecified atom stereocenters. The number of likely N-dealkylation sites (tertiary alicyclic amines) is 1. The van der Waals surface area contributed by atoms with Crippen LogP contribution in [0.2, 0.25) is 0 Å². The Balaban J connectivity index is 1.76. The SMILES string of the molecule is CN1CC[C@@H]2Nc3ccc(S(=O)(=O)c4ccccc4C(F)(F)F)cc3[C@H]2CC1. The van der Waals surface area contributed by atoms with E-state index < -0.39 is 26.5 Å². The van der Waals surface area contributed by atoms with Crippen LogP contribution in [-0.2, 0) is 16.0 Å². The van der Waals surface area contributed by atoms with Gasteiger partial charge >= 0.3 is 6.18 Å². The van der Waals surface area contributed by atoms with E-state index in [9.17, 15) is 21.6 Å². The highest BCUT2D eigenvalue weighted by Gasteiger charge is 2.39. The molecule has 0 saturated carbocycles. The lowest BCUT2D eigenvalue weighted by Gasteiger charge is -2.16. The van der Waals surface area contributed by atoms with E-state index in [2.05, 4.69) is 17.3 Å². The van der Waals surface area contributed by atoms with Crippen LogP contribution in [0.1, 0.15) is 29.9 Å². The fourth-order valence-corrected chi connectivity index (χ4v) is 5.70. The number of nitrogens with zero attached hydrogens (tertiary/aromatic N) is 1. The predicted molar refractivity (Wildman–Crippen MR) is 100 cm³/mol. The van der Waals surface area contributed by atoms with Gasteiger partial charge in [0.15, 0.2) is 0 Å². The van der Waals surface area contributed by atoms with E-state index in [1.807, 2.05) is 0 Å². The van der Waals surface area contributed by atoms with Crippen molar-refractivity contribution < 1.29 is 21.6 Å². The molecule has 0 spiro atoms. The zero-order valence-corrected chi connectivity index (χ0v) is 16.1. The molecule has 0 amide bonds. The quantitative estimate of drug-likeness (QED) is 0.809. The smallest absolute Gasteiger partial charge is 0.381 e. The molecule has 4 nitrogen and oxygen atoms in total. The topological polar surface area (TPSA) is 49.4 Å². The number of hydrogen-bond donors (Lipinski definition) is 1. The lowest BCUT2D eigenvalue weighted by molar-refractivity contribution is -0.139. The van der Waals surface area contributed by atoms with Gasteiger partial charge in [0, 0.05) is 17.6 Å². The fourth-order valence-electron chi connectivity index (χ4n) is 4.19. The Hall–Kier alpha value is -2.06. The molecular weight excluding hydrogens is 389 g/mol. The van der Waals surface area contributed by atoms with Gasteiger partial charge in [-0.1, -0.05) is 12.1 Å². The third-order valence-corrected chi connectivity index (χ3v) is 7.49. The highest BCUT2D eigenvalue weighted by Crippen LogP contribution is 2.43. The summed E-state index contributed by atoms with van der Waals surface area (Å²) >= 11 is 0. The molecule has 2 aromatic carbocycles. The maximum atomic E-state index is 13.3. The monoisotopic (exact) mass is 410 g/mol. The standard InChI is InChI=1S/C20H21F3N2O2S/c1-25-10-8-14-15-12-13(6-7-17(15)24-18(14)9-11-25)28(26,27)19-5-3-2-4-16(19)20(21,22)23/h2-7,12,14,18,24H,8-11H2,1H3/t14-,18+/m1/s1. The number of sulfone groups is 1. The van der Waals surface area contributed by atoms with E-state index in [0.29, 0.717) is 0 Å². The number of hydrogen-bond acceptors (Lipinski definition) is 4. The zero-order chi connectivity index (χ0) is 20.1. The van der Waals surface area contributed by atoms with Gasteiger partial charge in [-0.3, -0.25) is 0 Å². The van der Waals surface area contributed by atoms with E-state index >= 15 is 0 Å². The summed E-state index contributed by atoms with van der Waals surface area (Å²) in [6.45, 7) is 1.85. The van der Waals surface area contributed by atoms with Crippen molar-refractivity contribution in [3.05, 3.63) is 53.6 Å². The minimum Gasteiger partial charge on any atom is -0.381 e. The zero-order valence-electron chi connectivity index (χ0n) is 15.3. The molecule has 0 radical (unpaired) electrons. The van der Waals surface area contributed by atoms with E-state index in [-0.39, 0.29) is 16.9 Å². The first-order valence-electron chi connectivity index (χ1n) is 9.18. The average Bonchev–Trinajstić information content (AvgIpc) is 2.90. The molecule has 2 aliphatic heterocycles. The average molecular weight is 410 g/mol.